The molecule has 19 heavy (non-hydrogen) atoms. The van der Waals surface area contributed by atoms with Crippen LogP contribution in [0.5, 0.6) is 0 Å². The summed E-state index contributed by atoms with van der Waals surface area (Å²) in [5, 5.41) is 12.2. The van der Waals surface area contributed by atoms with E-state index in [1.165, 1.54) is 11.3 Å². The van der Waals surface area contributed by atoms with Crippen LogP contribution >= 0.6 is 11.3 Å². The van der Waals surface area contributed by atoms with Crippen molar-refractivity contribution >= 4 is 28.8 Å². The molecule has 0 bridgehead atoms. The molecule has 98 valence electrons. The van der Waals surface area contributed by atoms with Crippen LogP contribution in [0.1, 0.15) is 18.2 Å². The second-order valence-electron chi connectivity index (χ2n) is 4.10. The number of carbonyl (C=O) groups is 1. The van der Waals surface area contributed by atoms with E-state index in [0.29, 0.717) is 6.42 Å². The summed E-state index contributed by atoms with van der Waals surface area (Å²) in [5.41, 5.74) is 8.23. The molecule has 0 saturated heterocycles. The molecule has 4 nitrogen and oxygen atoms in total. The Hall–Kier alpha value is -2.14. The van der Waals surface area contributed by atoms with Crippen molar-refractivity contribution in [1.29, 1.82) is 5.41 Å². The number of thiophene rings is 1. The van der Waals surface area contributed by atoms with Crippen molar-refractivity contribution in [3.05, 3.63) is 40.6 Å². The fraction of sp³-hybridized carbons (Fsp3) is 0.143. The first-order valence-corrected chi connectivity index (χ1v) is 6.81. The van der Waals surface area contributed by atoms with Gasteiger partial charge in [0.25, 0.3) is 0 Å². The lowest BCUT2D eigenvalue weighted by atomic mass is 10.1. The molecule has 1 heterocycles. The van der Waals surface area contributed by atoms with Gasteiger partial charge in [0.15, 0.2) is 0 Å². The molecule has 0 saturated carbocycles. The summed E-state index contributed by atoms with van der Waals surface area (Å²) in [7, 11) is 0. The van der Waals surface area contributed by atoms with Crippen LogP contribution in [0.25, 0.3) is 11.1 Å². The van der Waals surface area contributed by atoms with E-state index in [1.807, 2.05) is 42.6 Å². The predicted molar refractivity (Wildman–Crippen MR) is 79.7 cm³/mol. The maximum Gasteiger partial charge on any atom is 0.224 e. The van der Waals surface area contributed by atoms with Gasteiger partial charge in [-0.1, -0.05) is 19.1 Å². The lowest BCUT2D eigenvalue weighted by Crippen LogP contribution is -2.09. The maximum absolute atomic E-state index is 11.4. The Morgan fingerprint density at radius 3 is 2.79 bits per heavy atom. The van der Waals surface area contributed by atoms with E-state index < -0.39 is 0 Å². The number of amidine groups is 1. The normalized spacial score (nSPS) is 10.2. The zero-order valence-electron chi connectivity index (χ0n) is 10.6. The second-order valence-corrected chi connectivity index (χ2v) is 5.01. The molecule has 4 N–H and O–H groups in total. The maximum atomic E-state index is 11.4. The van der Waals surface area contributed by atoms with E-state index in [1.54, 1.807) is 0 Å². The lowest BCUT2D eigenvalue weighted by molar-refractivity contribution is -0.115. The van der Waals surface area contributed by atoms with Gasteiger partial charge in [-0.2, -0.15) is 0 Å². The van der Waals surface area contributed by atoms with Crippen LogP contribution in [-0.2, 0) is 4.79 Å². The molecule has 0 aliphatic carbocycles. The van der Waals surface area contributed by atoms with Gasteiger partial charge in [-0.15, -0.1) is 11.3 Å². The van der Waals surface area contributed by atoms with E-state index in [0.717, 1.165) is 21.7 Å². The van der Waals surface area contributed by atoms with Crippen molar-refractivity contribution in [3.63, 3.8) is 0 Å². The van der Waals surface area contributed by atoms with Gasteiger partial charge in [-0.25, -0.2) is 0 Å². The SMILES string of the molecule is CCC(=O)Nc1cccc(-c2csc(C(=N)N)c2)c1. The molecule has 0 unspecified atom stereocenters. The lowest BCUT2D eigenvalue weighted by Gasteiger charge is -2.05. The molecule has 0 fully saturated rings. The van der Waals surface area contributed by atoms with E-state index in [2.05, 4.69) is 5.32 Å². The largest absolute Gasteiger partial charge is 0.383 e. The number of carbonyl (C=O) groups excluding carboxylic acids is 1. The summed E-state index contributed by atoms with van der Waals surface area (Å²) >= 11 is 1.44. The number of nitrogens with two attached hydrogens (primary N) is 1. The summed E-state index contributed by atoms with van der Waals surface area (Å²) in [4.78, 5) is 12.1. The Bertz CT molecular complexity index is 619. The van der Waals surface area contributed by atoms with E-state index in [4.69, 9.17) is 11.1 Å². The molecule has 0 spiro atoms. The Balaban J connectivity index is 2.26. The highest BCUT2D eigenvalue weighted by molar-refractivity contribution is 7.12. The first-order chi connectivity index (χ1) is 9.10. The second kappa shape index (κ2) is 5.67. The molecule has 0 aliphatic rings. The number of nitrogens with one attached hydrogen (secondary N) is 2. The predicted octanol–water partition coefficient (Wildman–Crippen LogP) is 3.05. The Labute approximate surface area is 115 Å². The molecular formula is C14H15N3OS. The Morgan fingerprint density at radius 1 is 1.37 bits per heavy atom. The van der Waals surface area contributed by atoms with Crippen molar-refractivity contribution in [2.75, 3.05) is 5.32 Å². The van der Waals surface area contributed by atoms with Gasteiger partial charge in [0.2, 0.25) is 5.91 Å². The van der Waals surface area contributed by atoms with Crippen LogP contribution in [0.2, 0.25) is 0 Å². The van der Waals surface area contributed by atoms with Crippen LogP contribution in [-0.4, -0.2) is 11.7 Å². The highest BCUT2D eigenvalue weighted by atomic mass is 32.1. The molecule has 0 aliphatic heterocycles. The molecular weight excluding hydrogens is 258 g/mol. The third-order valence-electron chi connectivity index (χ3n) is 2.67. The number of amides is 1. The fourth-order valence-corrected chi connectivity index (χ4v) is 2.43. The number of hydrogen-bond donors (Lipinski definition) is 3. The standard InChI is InChI=1S/C14H15N3OS/c1-2-13(18)17-11-5-3-4-9(6-11)10-7-12(14(15)16)19-8-10/h3-8H,2H2,1H3,(H3,15,16)(H,17,18). The number of nitrogen functional groups attached to an aromatic ring is 1. The highest BCUT2D eigenvalue weighted by Crippen LogP contribution is 2.27. The summed E-state index contributed by atoms with van der Waals surface area (Å²) in [6.07, 6.45) is 0.456. The van der Waals surface area contributed by atoms with Crippen LogP contribution < -0.4 is 11.1 Å². The number of hydrogen-bond acceptors (Lipinski definition) is 3. The molecule has 2 aromatic rings. The van der Waals surface area contributed by atoms with Crippen LogP contribution in [0.4, 0.5) is 5.69 Å². The average Bonchev–Trinajstić information content (AvgIpc) is 2.88. The molecule has 2 rings (SSSR count). The molecule has 5 heteroatoms. The van der Waals surface area contributed by atoms with Crippen molar-refractivity contribution in [2.45, 2.75) is 13.3 Å². The average molecular weight is 273 g/mol. The molecule has 1 amide bonds. The minimum absolute atomic E-state index is 0.00751. The first-order valence-electron chi connectivity index (χ1n) is 5.93. The van der Waals surface area contributed by atoms with E-state index in [9.17, 15) is 4.79 Å². The number of benzene rings is 1. The zero-order chi connectivity index (χ0) is 13.8. The summed E-state index contributed by atoms with van der Waals surface area (Å²) in [5.74, 6) is 0.0681. The summed E-state index contributed by atoms with van der Waals surface area (Å²) < 4.78 is 0. The van der Waals surface area contributed by atoms with Gasteiger partial charge in [-0.3, -0.25) is 10.2 Å². The topological polar surface area (TPSA) is 79.0 Å². The van der Waals surface area contributed by atoms with Gasteiger partial charge in [0.05, 0.1) is 4.88 Å². The van der Waals surface area contributed by atoms with Gasteiger partial charge < -0.3 is 11.1 Å². The molecule has 1 aromatic carbocycles. The number of rotatable bonds is 4. The number of anilines is 1. The third-order valence-corrected chi connectivity index (χ3v) is 3.63. The Kier molecular flexibility index (Phi) is 3.97. The smallest absolute Gasteiger partial charge is 0.224 e. The summed E-state index contributed by atoms with van der Waals surface area (Å²) in [6.45, 7) is 1.82. The van der Waals surface area contributed by atoms with E-state index in [-0.39, 0.29) is 11.7 Å². The zero-order valence-corrected chi connectivity index (χ0v) is 11.4. The van der Waals surface area contributed by atoms with Crippen LogP contribution in [0, 0.1) is 5.41 Å². The highest BCUT2D eigenvalue weighted by Gasteiger charge is 2.06. The van der Waals surface area contributed by atoms with Gasteiger partial charge in [0, 0.05) is 12.1 Å². The van der Waals surface area contributed by atoms with Gasteiger partial charge in [0.1, 0.15) is 5.84 Å². The molecule has 0 atom stereocenters. The van der Waals surface area contributed by atoms with Gasteiger partial charge >= 0.3 is 0 Å². The Morgan fingerprint density at radius 2 is 2.16 bits per heavy atom. The van der Waals surface area contributed by atoms with Gasteiger partial charge in [-0.05, 0) is 34.7 Å². The van der Waals surface area contributed by atoms with Crippen molar-refractivity contribution < 1.29 is 4.79 Å². The molecule has 0 radical (unpaired) electrons. The first kappa shape index (κ1) is 13.3. The quantitative estimate of drug-likeness (QED) is 0.591. The fourth-order valence-electron chi connectivity index (χ4n) is 1.65. The monoisotopic (exact) mass is 273 g/mol. The van der Waals surface area contributed by atoms with Crippen molar-refractivity contribution in [3.8, 4) is 11.1 Å². The third kappa shape index (κ3) is 3.20. The van der Waals surface area contributed by atoms with Crippen molar-refractivity contribution in [2.24, 2.45) is 5.73 Å². The van der Waals surface area contributed by atoms with Crippen molar-refractivity contribution in [1.82, 2.24) is 0 Å². The van der Waals surface area contributed by atoms with Crippen LogP contribution in [0.15, 0.2) is 35.7 Å². The molecule has 1 aromatic heterocycles. The van der Waals surface area contributed by atoms with Crippen LogP contribution in [0.3, 0.4) is 0 Å². The van der Waals surface area contributed by atoms with E-state index >= 15 is 0 Å². The summed E-state index contributed by atoms with van der Waals surface area (Å²) in [6, 6.07) is 9.52. The minimum Gasteiger partial charge on any atom is -0.383 e. The minimum atomic E-state index is -0.00751.